The summed E-state index contributed by atoms with van der Waals surface area (Å²) in [6, 6.07) is 9.84. The van der Waals surface area contributed by atoms with E-state index in [0.29, 0.717) is 5.92 Å². The van der Waals surface area contributed by atoms with E-state index in [2.05, 4.69) is 34.4 Å². The minimum atomic E-state index is 0.301. The standard InChI is InChI=1S/C16H21ClN4/c1-11(2)16-20-14(18-3)10-15(21-16)19-9-8-12-4-6-13(17)7-5-12/h4-7,10-11H,8-9H2,1-3H3,(H2,18,19,20,21). The smallest absolute Gasteiger partial charge is 0.135 e. The van der Waals surface area contributed by atoms with Crippen molar-refractivity contribution in [2.24, 2.45) is 0 Å². The molecule has 0 saturated carbocycles. The topological polar surface area (TPSA) is 49.8 Å². The highest BCUT2D eigenvalue weighted by Gasteiger charge is 2.07. The molecule has 2 rings (SSSR count). The van der Waals surface area contributed by atoms with Gasteiger partial charge in [0, 0.05) is 30.6 Å². The predicted octanol–water partition coefficient (Wildman–Crippen LogP) is 3.95. The van der Waals surface area contributed by atoms with Crippen molar-refractivity contribution in [3.8, 4) is 0 Å². The summed E-state index contributed by atoms with van der Waals surface area (Å²) in [5.74, 6) is 2.83. The van der Waals surface area contributed by atoms with Crippen LogP contribution < -0.4 is 10.6 Å². The van der Waals surface area contributed by atoms with E-state index in [1.54, 1.807) is 0 Å². The summed E-state index contributed by atoms with van der Waals surface area (Å²) < 4.78 is 0. The van der Waals surface area contributed by atoms with E-state index in [1.165, 1.54) is 5.56 Å². The molecule has 2 N–H and O–H groups in total. The molecule has 0 radical (unpaired) electrons. The summed E-state index contributed by atoms with van der Waals surface area (Å²) >= 11 is 5.88. The number of hydrogen-bond donors (Lipinski definition) is 2. The Morgan fingerprint density at radius 1 is 1.10 bits per heavy atom. The first kappa shape index (κ1) is 15.6. The van der Waals surface area contributed by atoms with E-state index in [4.69, 9.17) is 11.6 Å². The van der Waals surface area contributed by atoms with Crippen molar-refractivity contribution in [2.75, 3.05) is 24.2 Å². The van der Waals surface area contributed by atoms with Gasteiger partial charge in [-0.05, 0) is 24.1 Å². The number of nitrogens with one attached hydrogen (secondary N) is 2. The van der Waals surface area contributed by atoms with E-state index in [-0.39, 0.29) is 0 Å². The molecule has 5 heteroatoms. The van der Waals surface area contributed by atoms with E-state index < -0.39 is 0 Å². The zero-order valence-corrected chi connectivity index (χ0v) is 13.4. The summed E-state index contributed by atoms with van der Waals surface area (Å²) in [5, 5.41) is 7.19. The fraction of sp³-hybridized carbons (Fsp3) is 0.375. The third kappa shape index (κ3) is 4.60. The number of benzene rings is 1. The van der Waals surface area contributed by atoms with Crippen LogP contribution in [0.1, 0.15) is 31.2 Å². The van der Waals surface area contributed by atoms with Gasteiger partial charge in [0.05, 0.1) is 0 Å². The molecule has 112 valence electrons. The van der Waals surface area contributed by atoms with Gasteiger partial charge in [-0.1, -0.05) is 37.6 Å². The highest BCUT2D eigenvalue weighted by molar-refractivity contribution is 6.30. The molecule has 0 amide bonds. The number of hydrogen-bond acceptors (Lipinski definition) is 4. The number of halogens is 1. The van der Waals surface area contributed by atoms with Gasteiger partial charge in [0.1, 0.15) is 17.5 Å². The summed E-state index contributed by atoms with van der Waals surface area (Å²) in [6.45, 7) is 5.00. The summed E-state index contributed by atoms with van der Waals surface area (Å²) in [4.78, 5) is 8.99. The molecular formula is C16H21ClN4. The lowest BCUT2D eigenvalue weighted by atomic mass is 10.1. The van der Waals surface area contributed by atoms with E-state index in [0.717, 1.165) is 35.4 Å². The van der Waals surface area contributed by atoms with Crippen molar-refractivity contribution in [3.05, 3.63) is 46.7 Å². The van der Waals surface area contributed by atoms with E-state index in [1.807, 2.05) is 37.4 Å². The highest BCUT2D eigenvalue weighted by atomic mass is 35.5. The zero-order valence-electron chi connectivity index (χ0n) is 12.7. The molecule has 21 heavy (non-hydrogen) atoms. The van der Waals surface area contributed by atoms with Crippen molar-refractivity contribution in [1.29, 1.82) is 0 Å². The van der Waals surface area contributed by atoms with Gasteiger partial charge in [0.25, 0.3) is 0 Å². The van der Waals surface area contributed by atoms with Gasteiger partial charge in [-0.3, -0.25) is 0 Å². The van der Waals surface area contributed by atoms with Crippen LogP contribution in [0.3, 0.4) is 0 Å². The summed E-state index contributed by atoms with van der Waals surface area (Å²) in [6.07, 6.45) is 0.924. The van der Waals surface area contributed by atoms with Crippen LogP contribution in [-0.4, -0.2) is 23.6 Å². The molecule has 0 aliphatic rings. The normalized spacial score (nSPS) is 10.7. The first-order chi connectivity index (χ1) is 10.1. The van der Waals surface area contributed by atoms with E-state index in [9.17, 15) is 0 Å². The summed E-state index contributed by atoms with van der Waals surface area (Å²) in [7, 11) is 1.87. The predicted molar refractivity (Wildman–Crippen MR) is 89.3 cm³/mol. The van der Waals surface area contributed by atoms with Crippen molar-refractivity contribution in [2.45, 2.75) is 26.2 Å². The molecule has 0 spiro atoms. The molecule has 0 saturated heterocycles. The van der Waals surface area contributed by atoms with Gasteiger partial charge < -0.3 is 10.6 Å². The van der Waals surface area contributed by atoms with Crippen LogP contribution >= 0.6 is 11.6 Å². The van der Waals surface area contributed by atoms with Gasteiger partial charge in [-0.2, -0.15) is 0 Å². The Bertz CT molecular complexity index is 581. The van der Waals surface area contributed by atoms with Gasteiger partial charge in [-0.15, -0.1) is 0 Å². The van der Waals surface area contributed by atoms with Gasteiger partial charge in [-0.25, -0.2) is 9.97 Å². The maximum atomic E-state index is 5.88. The average Bonchev–Trinajstić information content (AvgIpc) is 2.49. The monoisotopic (exact) mass is 304 g/mol. The lowest BCUT2D eigenvalue weighted by molar-refractivity contribution is 0.775. The molecule has 2 aromatic rings. The van der Waals surface area contributed by atoms with Crippen molar-refractivity contribution in [1.82, 2.24) is 9.97 Å². The fourth-order valence-corrected chi connectivity index (χ4v) is 2.05. The largest absolute Gasteiger partial charge is 0.373 e. The quantitative estimate of drug-likeness (QED) is 0.848. The average molecular weight is 305 g/mol. The number of rotatable bonds is 6. The minimum absolute atomic E-state index is 0.301. The lowest BCUT2D eigenvalue weighted by Crippen LogP contribution is -2.10. The second-order valence-corrected chi connectivity index (χ2v) is 5.64. The molecule has 1 aromatic carbocycles. The second-order valence-electron chi connectivity index (χ2n) is 5.20. The Balaban J connectivity index is 1.99. The van der Waals surface area contributed by atoms with Crippen LogP contribution in [0, 0.1) is 0 Å². The molecule has 1 heterocycles. The Labute approximate surface area is 131 Å². The van der Waals surface area contributed by atoms with Crippen molar-refractivity contribution >= 4 is 23.2 Å². The first-order valence-corrected chi connectivity index (χ1v) is 7.51. The molecule has 0 unspecified atom stereocenters. The Morgan fingerprint density at radius 2 is 1.76 bits per heavy atom. The molecule has 0 atom stereocenters. The number of anilines is 2. The van der Waals surface area contributed by atoms with E-state index >= 15 is 0 Å². The highest BCUT2D eigenvalue weighted by Crippen LogP contribution is 2.17. The Hall–Kier alpha value is -1.81. The summed E-state index contributed by atoms with van der Waals surface area (Å²) in [5.41, 5.74) is 1.25. The Morgan fingerprint density at radius 3 is 2.38 bits per heavy atom. The number of aromatic nitrogens is 2. The Kier molecular flexibility index (Phi) is 5.39. The van der Waals surface area contributed by atoms with Gasteiger partial charge in [0.2, 0.25) is 0 Å². The van der Waals surface area contributed by atoms with Crippen molar-refractivity contribution in [3.63, 3.8) is 0 Å². The minimum Gasteiger partial charge on any atom is -0.373 e. The SMILES string of the molecule is CNc1cc(NCCc2ccc(Cl)cc2)nc(C(C)C)n1. The molecule has 0 aliphatic heterocycles. The molecule has 1 aromatic heterocycles. The maximum absolute atomic E-state index is 5.88. The van der Waals surface area contributed by atoms with Gasteiger partial charge in [0.15, 0.2) is 0 Å². The van der Waals surface area contributed by atoms with Crippen LogP contribution in [-0.2, 0) is 6.42 Å². The maximum Gasteiger partial charge on any atom is 0.135 e. The first-order valence-electron chi connectivity index (χ1n) is 7.13. The third-order valence-corrected chi connectivity index (χ3v) is 3.40. The molecule has 0 fully saturated rings. The van der Waals surface area contributed by atoms with Crippen LogP contribution in [0.2, 0.25) is 5.02 Å². The third-order valence-electron chi connectivity index (χ3n) is 3.15. The molecule has 4 nitrogen and oxygen atoms in total. The van der Waals surface area contributed by atoms with Crippen molar-refractivity contribution < 1.29 is 0 Å². The van der Waals surface area contributed by atoms with Crippen LogP contribution in [0.15, 0.2) is 30.3 Å². The fourth-order valence-electron chi connectivity index (χ4n) is 1.93. The molecule has 0 aliphatic carbocycles. The van der Waals surface area contributed by atoms with Gasteiger partial charge >= 0.3 is 0 Å². The zero-order chi connectivity index (χ0) is 15.2. The number of nitrogens with zero attached hydrogens (tertiary/aromatic N) is 2. The second kappa shape index (κ2) is 7.27. The van der Waals surface area contributed by atoms with Crippen LogP contribution in [0.25, 0.3) is 0 Å². The molecular weight excluding hydrogens is 284 g/mol. The lowest BCUT2D eigenvalue weighted by Gasteiger charge is -2.11. The van der Waals surface area contributed by atoms with Crippen LogP contribution in [0.5, 0.6) is 0 Å². The molecule has 0 bridgehead atoms. The van der Waals surface area contributed by atoms with Crippen LogP contribution in [0.4, 0.5) is 11.6 Å².